The first-order valence-corrected chi connectivity index (χ1v) is 8.28. The van der Waals surface area contributed by atoms with Crippen LogP contribution in [0.1, 0.15) is 26.3 Å². The number of carbonyl (C=O) groups excluding carboxylic acids is 3. The van der Waals surface area contributed by atoms with E-state index in [4.69, 9.17) is 9.15 Å². The van der Waals surface area contributed by atoms with Crippen LogP contribution in [0.25, 0.3) is 11.0 Å². The molecule has 7 heteroatoms. The molecular weight excluding hydrogens is 348 g/mol. The Hall–Kier alpha value is -3.61. The van der Waals surface area contributed by atoms with Gasteiger partial charge >= 0.3 is 0 Å². The Kier molecular flexibility index (Phi) is 3.92. The van der Waals surface area contributed by atoms with Crippen LogP contribution in [-0.2, 0) is 11.2 Å². The number of furan rings is 1. The van der Waals surface area contributed by atoms with Crippen molar-refractivity contribution in [3.05, 3.63) is 59.4 Å². The lowest BCUT2D eigenvalue weighted by molar-refractivity contribution is -0.115. The molecule has 3 aromatic rings. The highest BCUT2D eigenvalue weighted by atomic mass is 16.5. The van der Waals surface area contributed by atoms with Crippen molar-refractivity contribution in [1.82, 2.24) is 4.90 Å². The van der Waals surface area contributed by atoms with Crippen molar-refractivity contribution >= 4 is 34.4 Å². The second-order valence-corrected chi connectivity index (χ2v) is 6.28. The van der Waals surface area contributed by atoms with E-state index in [-0.39, 0.29) is 24.1 Å². The third-order valence-corrected chi connectivity index (χ3v) is 4.59. The predicted molar refractivity (Wildman–Crippen MR) is 98.0 cm³/mol. The number of nitrogens with zero attached hydrogens (tertiary/aromatic N) is 1. The van der Waals surface area contributed by atoms with Crippen LogP contribution in [0.2, 0.25) is 0 Å². The molecule has 0 fully saturated rings. The van der Waals surface area contributed by atoms with Gasteiger partial charge in [0.25, 0.3) is 11.8 Å². The number of carbonyl (C=O) groups is 3. The molecule has 0 radical (unpaired) electrons. The van der Waals surface area contributed by atoms with E-state index >= 15 is 0 Å². The summed E-state index contributed by atoms with van der Waals surface area (Å²) in [5.74, 6) is -0.289. The molecule has 0 atom stereocenters. The van der Waals surface area contributed by atoms with E-state index in [2.05, 4.69) is 5.32 Å². The van der Waals surface area contributed by atoms with Gasteiger partial charge in [0.05, 0.1) is 30.9 Å². The highest BCUT2D eigenvalue weighted by Crippen LogP contribution is 2.27. The van der Waals surface area contributed by atoms with Crippen LogP contribution < -0.4 is 10.1 Å². The fourth-order valence-electron chi connectivity index (χ4n) is 3.14. The van der Waals surface area contributed by atoms with E-state index in [0.29, 0.717) is 28.1 Å². The number of hydrogen-bond acceptors (Lipinski definition) is 5. The molecule has 27 heavy (non-hydrogen) atoms. The summed E-state index contributed by atoms with van der Waals surface area (Å²) in [7, 11) is 3.01. The molecule has 2 aromatic carbocycles. The molecule has 0 saturated heterocycles. The first-order valence-electron chi connectivity index (χ1n) is 8.28. The molecular formula is C20H16N2O5. The molecule has 7 nitrogen and oxygen atoms in total. The number of amides is 3. The number of fused-ring (bicyclic) bond motifs is 2. The van der Waals surface area contributed by atoms with Crippen molar-refractivity contribution in [1.29, 1.82) is 0 Å². The molecule has 1 aliphatic heterocycles. The maximum Gasteiger partial charge on any atom is 0.261 e. The third kappa shape index (κ3) is 2.83. The van der Waals surface area contributed by atoms with Gasteiger partial charge in [0.1, 0.15) is 11.3 Å². The molecule has 1 N–H and O–H groups in total. The Labute approximate surface area is 154 Å². The summed E-state index contributed by atoms with van der Waals surface area (Å²) in [6.07, 6.45) is 1.66. The average Bonchev–Trinajstić information content (AvgIpc) is 3.16. The van der Waals surface area contributed by atoms with E-state index in [1.807, 2.05) is 6.07 Å². The highest BCUT2D eigenvalue weighted by Gasteiger charge is 2.32. The summed E-state index contributed by atoms with van der Waals surface area (Å²) in [5, 5.41) is 3.60. The van der Waals surface area contributed by atoms with Crippen molar-refractivity contribution < 1.29 is 23.5 Å². The standard InChI is InChI=1S/C20H16N2O5/c1-22-19(24)15-5-3-12(8-16(15)20(22)25)21-18(23)7-11-10-27-17-9-13(26-2)4-6-14(11)17/h3-6,8-10H,7H2,1-2H3,(H,21,23). The summed E-state index contributed by atoms with van der Waals surface area (Å²) in [4.78, 5) is 37.5. The van der Waals surface area contributed by atoms with Crippen LogP contribution in [0, 0.1) is 0 Å². The maximum atomic E-state index is 12.4. The zero-order chi connectivity index (χ0) is 19.1. The fourth-order valence-corrected chi connectivity index (χ4v) is 3.14. The number of ether oxygens (including phenoxy) is 1. The van der Waals surface area contributed by atoms with Crippen molar-refractivity contribution in [2.24, 2.45) is 0 Å². The second-order valence-electron chi connectivity index (χ2n) is 6.28. The monoisotopic (exact) mass is 364 g/mol. The van der Waals surface area contributed by atoms with E-state index in [1.54, 1.807) is 37.6 Å². The van der Waals surface area contributed by atoms with Crippen molar-refractivity contribution in [3.8, 4) is 5.75 Å². The van der Waals surface area contributed by atoms with Crippen LogP contribution in [0.15, 0.2) is 47.1 Å². The van der Waals surface area contributed by atoms with Crippen LogP contribution in [0.4, 0.5) is 5.69 Å². The smallest absolute Gasteiger partial charge is 0.261 e. The van der Waals surface area contributed by atoms with Gasteiger partial charge in [-0.25, -0.2) is 0 Å². The molecule has 0 spiro atoms. The molecule has 136 valence electrons. The largest absolute Gasteiger partial charge is 0.497 e. The molecule has 1 aromatic heterocycles. The number of benzene rings is 2. The molecule has 4 rings (SSSR count). The van der Waals surface area contributed by atoms with E-state index in [1.165, 1.54) is 13.1 Å². The minimum atomic E-state index is -0.374. The van der Waals surface area contributed by atoms with Crippen molar-refractivity contribution in [3.63, 3.8) is 0 Å². The molecule has 3 amide bonds. The normalized spacial score (nSPS) is 13.2. The Morgan fingerprint density at radius 3 is 2.67 bits per heavy atom. The Morgan fingerprint density at radius 2 is 1.89 bits per heavy atom. The number of nitrogens with one attached hydrogen (secondary N) is 1. The van der Waals surface area contributed by atoms with Crippen LogP contribution in [-0.4, -0.2) is 36.8 Å². The average molecular weight is 364 g/mol. The first kappa shape index (κ1) is 16.8. The van der Waals surface area contributed by atoms with Crippen molar-refractivity contribution in [2.45, 2.75) is 6.42 Å². The predicted octanol–water partition coefficient (Wildman–Crippen LogP) is 2.85. The molecule has 2 heterocycles. The summed E-state index contributed by atoms with van der Waals surface area (Å²) in [6.45, 7) is 0. The van der Waals surface area contributed by atoms with Crippen LogP contribution in [0.3, 0.4) is 0 Å². The number of imide groups is 1. The molecule has 0 bridgehead atoms. The van der Waals surface area contributed by atoms with Gasteiger partial charge in [0, 0.05) is 29.8 Å². The molecule has 0 aliphatic carbocycles. The van der Waals surface area contributed by atoms with Crippen LogP contribution >= 0.6 is 0 Å². The van der Waals surface area contributed by atoms with Gasteiger partial charge in [-0.1, -0.05) is 0 Å². The van der Waals surface area contributed by atoms with E-state index in [0.717, 1.165) is 15.8 Å². The summed E-state index contributed by atoms with van der Waals surface area (Å²) in [5.41, 5.74) is 2.49. The van der Waals surface area contributed by atoms with E-state index in [9.17, 15) is 14.4 Å². The quantitative estimate of drug-likeness (QED) is 0.719. The lowest BCUT2D eigenvalue weighted by Gasteiger charge is -2.06. The minimum absolute atomic E-state index is 0.114. The van der Waals surface area contributed by atoms with Gasteiger partial charge in [-0.2, -0.15) is 0 Å². The number of methoxy groups -OCH3 is 1. The van der Waals surface area contributed by atoms with Crippen LogP contribution in [0.5, 0.6) is 5.75 Å². The van der Waals surface area contributed by atoms with Gasteiger partial charge in [0.15, 0.2) is 0 Å². The van der Waals surface area contributed by atoms with Gasteiger partial charge < -0.3 is 14.5 Å². The highest BCUT2D eigenvalue weighted by molar-refractivity contribution is 6.21. The van der Waals surface area contributed by atoms with Gasteiger partial charge in [0.2, 0.25) is 5.91 Å². The Morgan fingerprint density at radius 1 is 1.11 bits per heavy atom. The number of anilines is 1. The summed E-state index contributed by atoms with van der Waals surface area (Å²) < 4.78 is 10.7. The Bertz CT molecular complexity index is 1100. The molecule has 0 saturated carbocycles. The van der Waals surface area contributed by atoms with Crippen molar-refractivity contribution in [2.75, 3.05) is 19.5 Å². The van der Waals surface area contributed by atoms with Gasteiger partial charge in [-0.3, -0.25) is 19.3 Å². The Balaban J connectivity index is 1.52. The fraction of sp³-hybridized carbons (Fsp3) is 0.150. The zero-order valence-electron chi connectivity index (χ0n) is 14.7. The van der Waals surface area contributed by atoms with Gasteiger partial charge in [-0.15, -0.1) is 0 Å². The molecule has 1 aliphatic rings. The lowest BCUT2D eigenvalue weighted by atomic mass is 10.1. The maximum absolute atomic E-state index is 12.4. The van der Waals surface area contributed by atoms with Gasteiger partial charge in [-0.05, 0) is 30.3 Å². The molecule has 0 unspecified atom stereocenters. The topological polar surface area (TPSA) is 88.9 Å². The second kappa shape index (κ2) is 6.28. The first-order chi connectivity index (χ1) is 13.0. The van der Waals surface area contributed by atoms with E-state index < -0.39 is 0 Å². The summed E-state index contributed by atoms with van der Waals surface area (Å²) in [6, 6.07) is 10.1. The zero-order valence-corrected chi connectivity index (χ0v) is 14.7. The lowest BCUT2D eigenvalue weighted by Crippen LogP contribution is -2.24. The number of hydrogen-bond donors (Lipinski definition) is 1. The minimum Gasteiger partial charge on any atom is -0.497 e. The SMILES string of the molecule is COc1ccc2c(CC(=O)Nc3ccc4c(c3)C(=O)N(C)C4=O)coc2c1. The third-order valence-electron chi connectivity index (χ3n) is 4.59. The number of rotatable bonds is 4. The summed E-state index contributed by atoms with van der Waals surface area (Å²) >= 11 is 0.